The SMILES string of the molecule is C=C1C=C(C)NC1. The molecule has 0 bridgehead atoms. The van der Waals surface area contributed by atoms with Crippen molar-refractivity contribution in [1.82, 2.24) is 5.32 Å². The average Bonchev–Trinajstić information content (AvgIpc) is 1.87. The van der Waals surface area contributed by atoms with Crippen LogP contribution in [0, 0.1) is 0 Å². The van der Waals surface area contributed by atoms with Crippen LogP contribution in [0.4, 0.5) is 0 Å². The van der Waals surface area contributed by atoms with Crippen LogP contribution in [-0.2, 0) is 0 Å². The lowest BCUT2D eigenvalue weighted by atomic mass is 10.3. The Bertz CT molecular complexity index is 122. The fourth-order valence-corrected chi connectivity index (χ4v) is 0.661. The summed E-state index contributed by atoms with van der Waals surface area (Å²) in [6.07, 6.45) is 2.06. The van der Waals surface area contributed by atoms with Crippen molar-refractivity contribution < 1.29 is 0 Å². The zero-order valence-corrected chi connectivity index (χ0v) is 4.49. The van der Waals surface area contributed by atoms with Gasteiger partial charge in [-0.15, -0.1) is 0 Å². The van der Waals surface area contributed by atoms with Gasteiger partial charge in [-0.1, -0.05) is 6.58 Å². The van der Waals surface area contributed by atoms with E-state index in [2.05, 4.69) is 18.0 Å². The Hall–Kier alpha value is -0.720. The largest absolute Gasteiger partial charge is 0.385 e. The van der Waals surface area contributed by atoms with E-state index in [0.717, 1.165) is 6.54 Å². The maximum Gasteiger partial charge on any atom is 0.0392 e. The Morgan fingerprint density at radius 2 is 2.57 bits per heavy atom. The summed E-state index contributed by atoms with van der Waals surface area (Å²) >= 11 is 0. The van der Waals surface area contributed by atoms with Crippen molar-refractivity contribution >= 4 is 0 Å². The second-order valence-electron chi connectivity index (χ2n) is 1.84. The molecule has 0 aromatic carbocycles. The molecule has 1 heteroatoms. The van der Waals surface area contributed by atoms with Crippen LogP contribution >= 0.6 is 0 Å². The summed E-state index contributed by atoms with van der Waals surface area (Å²) in [4.78, 5) is 0. The van der Waals surface area contributed by atoms with Crippen LogP contribution in [0.1, 0.15) is 6.92 Å². The van der Waals surface area contributed by atoms with Crippen LogP contribution in [-0.4, -0.2) is 6.54 Å². The lowest BCUT2D eigenvalue weighted by Crippen LogP contribution is -2.04. The standard InChI is InChI=1S/C6H9N/c1-5-3-6(2)7-4-5/h3,7H,1,4H2,2H3. The molecule has 0 unspecified atom stereocenters. The van der Waals surface area contributed by atoms with E-state index in [-0.39, 0.29) is 0 Å². The smallest absolute Gasteiger partial charge is 0.0392 e. The number of nitrogens with one attached hydrogen (secondary N) is 1. The molecule has 0 amide bonds. The molecule has 0 aromatic rings. The van der Waals surface area contributed by atoms with E-state index in [4.69, 9.17) is 0 Å². The summed E-state index contributed by atoms with van der Waals surface area (Å²) in [6, 6.07) is 0. The van der Waals surface area contributed by atoms with Gasteiger partial charge in [-0.2, -0.15) is 0 Å². The van der Waals surface area contributed by atoms with Crippen molar-refractivity contribution in [2.45, 2.75) is 6.92 Å². The maximum absolute atomic E-state index is 3.77. The zero-order valence-electron chi connectivity index (χ0n) is 4.49. The second-order valence-corrected chi connectivity index (χ2v) is 1.84. The van der Waals surface area contributed by atoms with Crippen molar-refractivity contribution in [2.24, 2.45) is 0 Å². The fourth-order valence-electron chi connectivity index (χ4n) is 0.661. The van der Waals surface area contributed by atoms with Crippen molar-refractivity contribution in [3.63, 3.8) is 0 Å². The minimum absolute atomic E-state index is 0.936. The summed E-state index contributed by atoms with van der Waals surface area (Å²) in [5.41, 5.74) is 2.41. The van der Waals surface area contributed by atoms with Gasteiger partial charge in [0.2, 0.25) is 0 Å². The molecule has 0 atom stereocenters. The fraction of sp³-hybridized carbons (Fsp3) is 0.333. The average molecular weight is 95.1 g/mol. The van der Waals surface area contributed by atoms with Gasteiger partial charge in [0.25, 0.3) is 0 Å². The summed E-state index contributed by atoms with van der Waals surface area (Å²) < 4.78 is 0. The quantitative estimate of drug-likeness (QED) is 0.474. The molecule has 38 valence electrons. The molecule has 0 radical (unpaired) electrons. The molecule has 0 aliphatic carbocycles. The highest BCUT2D eigenvalue weighted by Gasteiger charge is 1.97. The van der Waals surface area contributed by atoms with Gasteiger partial charge < -0.3 is 5.32 Å². The Morgan fingerprint density at radius 3 is 2.71 bits per heavy atom. The number of rotatable bonds is 0. The number of hydrogen-bond donors (Lipinski definition) is 1. The monoisotopic (exact) mass is 95.1 g/mol. The van der Waals surface area contributed by atoms with Gasteiger partial charge in [0.05, 0.1) is 0 Å². The first-order valence-electron chi connectivity index (χ1n) is 2.39. The van der Waals surface area contributed by atoms with Crippen molar-refractivity contribution in [3.05, 3.63) is 23.9 Å². The lowest BCUT2D eigenvalue weighted by Gasteiger charge is -1.89. The predicted molar refractivity (Wildman–Crippen MR) is 30.9 cm³/mol. The van der Waals surface area contributed by atoms with E-state index in [1.807, 2.05) is 6.92 Å². The van der Waals surface area contributed by atoms with Crippen molar-refractivity contribution in [3.8, 4) is 0 Å². The maximum atomic E-state index is 3.77. The Balaban J connectivity index is 2.67. The van der Waals surface area contributed by atoms with E-state index in [1.54, 1.807) is 0 Å². The van der Waals surface area contributed by atoms with Gasteiger partial charge in [0.15, 0.2) is 0 Å². The molecule has 1 aliphatic rings. The highest BCUT2D eigenvalue weighted by atomic mass is 14.9. The first-order chi connectivity index (χ1) is 3.29. The summed E-state index contributed by atoms with van der Waals surface area (Å²) in [6.45, 7) is 6.74. The minimum atomic E-state index is 0.936. The number of hydrogen-bond acceptors (Lipinski definition) is 1. The van der Waals surface area contributed by atoms with Crippen LogP contribution in [0.5, 0.6) is 0 Å². The molecule has 1 rings (SSSR count). The highest BCUT2D eigenvalue weighted by Crippen LogP contribution is 2.03. The molecule has 1 aliphatic heterocycles. The first-order valence-corrected chi connectivity index (χ1v) is 2.39. The van der Waals surface area contributed by atoms with Crippen molar-refractivity contribution in [2.75, 3.05) is 6.54 Å². The van der Waals surface area contributed by atoms with E-state index in [1.165, 1.54) is 11.3 Å². The summed E-state index contributed by atoms with van der Waals surface area (Å²) in [5, 5.41) is 3.13. The van der Waals surface area contributed by atoms with Gasteiger partial charge in [0, 0.05) is 12.2 Å². The van der Waals surface area contributed by atoms with E-state index < -0.39 is 0 Å². The third kappa shape index (κ3) is 0.829. The van der Waals surface area contributed by atoms with E-state index in [0.29, 0.717) is 0 Å². The molecule has 0 fully saturated rings. The minimum Gasteiger partial charge on any atom is -0.385 e. The molecule has 0 saturated heterocycles. The Labute approximate surface area is 43.7 Å². The van der Waals surface area contributed by atoms with Crippen LogP contribution in [0.15, 0.2) is 23.9 Å². The van der Waals surface area contributed by atoms with Crippen LogP contribution in [0.25, 0.3) is 0 Å². The van der Waals surface area contributed by atoms with E-state index in [9.17, 15) is 0 Å². The molecular weight excluding hydrogens is 86.1 g/mol. The second kappa shape index (κ2) is 1.41. The summed E-state index contributed by atoms with van der Waals surface area (Å²) in [7, 11) is 0. The topological polar surface area (TPSA) is 12.0 Å². The third-order valence-corrected chi connectivity index (χ3v) is 1.01. The molecule has 0 saturated carbocycles. The van der Waals surface area contributed by atoms with Crippen LogP contribution < -0.4 is 5.32 Å². The van der Waals surface area contributed by atoms with Gasteiger partial charge in [-0.25, -0.2) is 0 Å². The predicted octanol–water partition coefficient (Wildman–Crippen LogP) is 1.05. The van der Waals surface area contributed by atoms with Gasteiger partial charge >= 0.3 is 0 Å². The van der Waals surface area contributed by atoms with E-state index >= 15 is 0 Å². The molecular formula is C6H9N. The zero-order chi connectivity index (χ0) is 5.28. The van der Waals surface area contributed by atoms with Crippen LogP contribution in [0.2, 0.25) is 0 Å². The normalized spacial score (nSPS) is 19.0. The van der Waals surface area contributed by atoms with Gasteiger partial charge in [-0.05, 0) is 18.6 Å². The third-order valence-electron chi connectivity index (χ3n) is 1.01. The van der Waals surface area contributed by atoms with Gasteiger partial charge in [0.1, 0.15) is 0 Å². The summed E-state index contributed by atoms with van der Waals surface area (Å²) in [5.74, 6) is 0. The number of allylic oxidation sites excluding steroid dienone is 1. The Kier molecular flexibility index (Phi) is 0.895. The molecule has 0 spiro atoms. The van der Waals surface area contributed by atoms with Crippen LogP contribution in [0.3, 0.4) is 0 Å². The van der Waals surface area contributed by atoms with Gasteiger partial charge in [-0.3, -0.25) is 0 Å². The molecule has 1 nitrogen and oxygen atoms in total. The van der Waals surface area contributed by atoms with Crippen molar-refractivity contribution in [1.29, 1.82) is 0 Å². The first kappa shape index (κ1) is 4.44. The highest BCUT2D eigenvalue weighted by molar-refractivity contribution is 5.26. The molecule has 0 aromatic heterocycles. The molecule has 1 N–H and O–H groups in total. The molecule has 7 heavy (non-hydrogen) atoms. The Morgan fingerprint density at radius 1 is 1.86 bits per heavy atom. The lowest BCUT2D eigenvalue weighted by molar-refractivity contribution is 0.938. The molecule has 1 heterocycles.